The molecule has 1 aromatic heterocycles. The molecule has 1 N–H and O–H groups in total. The van der Waals surface area contributed by atoms with E-state index in [1.165, 1.54) is 0 Å². The summed E-state index contributed by atoms with van der Waals surface area (Å²) in [7, 11) is 0. The van der Waals surface area contributed by atoms with Gasteiger partial charge in [0.05, 0.1) is 17.6 Å². The van der Waals surface area contributed by atoms with Gasteiger partial charge in [-0.2, -0.15) is 0 Å². The van der Waals surface area contributed by atoms with E-state index in [1.807, 2.05) is 0 Å². The van der Waals surface area contributed by atoms with Crippen molar-refractivity contribution in [1.82, 2.24) is 9.97 Å². The van der Waals surface area contributed by atoms with E-state index in [4.69, 9.17) is 0 Å². The lowest BCUT2D eigenvalue weighted by Gasteiger charge is -2.14. The maximum atomic E-state index is 4.02. The molecule has 1 aromatic rings. The lowest BCUT2D eigenvalue weighted by atomic mass is 10.1. The molecule has 0 aromatic carbocycles. The molecular formula is C7H8N3. The third-order valence-corrected chi connectivity index (χ3v) is 1.65. The Morgan fingerprint density at radius 3 is 3.50 bits per heavy atom. The molecule has 0 aliphatic carbocycles. The van der Waals surface area contributed by atoms with E-state index in [-0.39, 0.29) is 0 Å². The van der Waals surface area contributed by atoms with Crippen LogP contribution in [0.4, 0.5) is 5.69 Å². The summed E-state index contributed by atoms with van der Waals surface area (Å²) in [4.78, 5) is 7.82. The summed E-state index contributed by atoms with van der Waals surface area (Å²) in [5.74, 6) is 0. The first kappa shape index (κ1) is 5.65. The smallest absolute Gasteiger partial charge is 0.198 e. The maximum absolute atomic E-state index is 4.02. The lowest BCUT2D eigenvalue weighted by molar-refractivity contribution is 0.792. The number of hydrogen-bond acceptors (Lipinski definition) is 3. The molecule has 1 aliphatic heterocycles. The molecule has 0 saturated carbocycles. The zero-order chi connectivity index (χ0) is 6.81. The van der Waals surface area contributed by atoms with Crippen LogP contribution in [0, 0.1) is 6.33 Å². The van der Waals surface area contributed by atoms with Crippen molar-refractivity contribution in [2.24, 2.45) is 0 Å². The van der Waals surface area contributed by atoms with Gasteiger partial charge in [0.1, 0.15) is 0 Å². The fourth-order valence-corrected chi connectivity index (χ4v) is 1.13. The second kappa shape index (κ2) is 2.25. The van der Waals surface area contributed by atoms with Crippen LogP contribution in [0.2, 0.25) is 0 Å². The van der Waals surface area contributed by atoms with E-state index in [1.54, 1.807) is 6.20 Å². The summed E-state index contributed by atoms with van der Waals surface area (Å²) in [6, 6.07) is 0. The Kier molecular flexibility index (Phi) is 1.27. The molecule has 3 heteroatoms. The van der Waals surface area contributed by atoms with Crippen molar-refractivity contribution in [3.05, 3.63) is 18.2 Å². The normalized spacial score (nSPS) is 15.6. The maximum Gasteiger partial charge on any atom is 0.198 e. The van der Waals surface area contributed by atoms with Gasteiger partial charge in [-0.1, -0.05) is 0 Å². The highest BCUT2D eigenvalue weighted by molar-refractivity contribution is 5.46. The third-order valence-electron chi connectivity index (χ3n) is 1.65. The Bertz CT molecular complexity index is 209. The van der Waals surface area contributed by atoms with Crippen LogP contribution in [0.25, 0.3) is 0 Å². The number of aromatic nitrogens is 2. The molecule has 3 nitrogen and oxygen atoms in total. The van der Waals surface area contributed by atoms with Crippen molar-refractivity contribution in [2.75, 3.05) is 11.9 Å². The monoisotopic (exact) mass is 134 g/mol. The van der Waals surface area contributed by atoms with Gasteiger partial charge in [0, 0.05) is 6.54 Å². The first-order valence-electron chi connectivity index (χ1n) is 3.42. The molecule has 10 heavy (non-hydrogen) atoms. The summed E-state index contributed by atoms with van der Waals surface area (Å²) in [6.07, 6.45) is 6.58. The first-order valence-corrected chi connectivity index (χ1v) is 3.42. The van der Waals surface area contributed by atoms with Gasteiger partial charge in [-0.15, -0.1) is 0 Å². The van der Waals surface area contributed by atoms with Gasteiger partial charge in [-0.05, 0) is 12.8 Å². The van der Waals surface area contributed by atoms with E-state index in [0.29, 0.717) is 0 Å². The van der Waals surface area contributed by atoms with Crippen molar-refractivity contribution in [3.8, 4) is 0 Å². The van der Waals surface area contributed by atoms with Crippen molar-refractivity contribution in [3.63, 3.8) is 0 Å². The van der Waals surface area contributed by atoms with Crippen molar-refractivity contribution in [2.45, 2.75) is 12.8 Å². The second-order valence-electron chi connectivity index (χ2n) is 2.36. The van der Waals surface area contributed by atoms with Crippen LogP contribution < -0.4 is 5.32 Å². The Morgan fingerprint density at radius 1 is 1.60 bits per heavy atom. The standard InChI is InChI=1S/C7H8N3/c1-2-6-7(9-3-1)4-8-5-10-6/h4,9H,1-3H2. The van der Waals surface area contributed by atoms with E-state index < -0.39 is 0 Å². The predicted molar refractivity (Wildman–Crippen MR) is 37.7 cm³/mol. The zero-order valence-electron chi connectivity index (χ0n) is 5.59. The average Bonchev–Trinajstić information content (AvgIpc) is 2.05. The Hall–Kier alpha value is -1.12. The third kappa shape index (κ3) is 0.835. The molecule has 0 amide bonds. The highest BCUT2D eigenvalue weighted by atomic mass is 15.0. The molecule has 2 heterocycles. The van der Waals surface area contributed by atoms with E-state index in [9.17, 15) is 0 Å². The van der Waals surface area contributed by atoms with Gasteiger partial charge in [0.25, 0.3) is 0 Å². The van der Waals surface area contributed by atoms with Crippen LogP contribution in [0.15, 0.2) is 6.20 Å². The first-order chi connectivity index (χ1) is 4.97. The summed E-state index contributed by atoms with van der Waals surface area (Å²) < 4.78 is 0. The molecule has 0 saturated heterocycles. The number of aryl methyl sites for hydroxylation is 1. The van der Waals surface area contributed by atoms with Crippen LogP contribution in [-0.4, -0.2) is 16.5 Å². The van der Waals surface area contributed by atoms with E-state index in [0.717, 1.165) is 30.8 Å². The lowest BCUT2D eigenvalue weighted by Crippen LogP contribution is -2.13. The average molecular weight is 134 g/mol. The minimum Gasteiger partial charge on any atom is -0.382 e. The minimum absolute atomic E-state index is 1.04. The topological polar surface area (TPSA) is 37.8 Å². The van der Waals surface area contributed by atoms with Crippen LogP contribution in [-0.2, 0) is 6.42 Å². The van der Waals surface area contributed by atoms with Gasteiger partial charge in [0.2, 0.25) is 0 Å². The van der Waals surface area contributed by atoms with Crippen LogP contribution >= 0.6 is 0 Å². The number of nitrogens with zero attached hydrogens (tertiary/aromatic N) is 2. The van der Waals surface area contributed by atoms with Crippen molar-refractivity contribution in [1.29, 1.82) is 0 Å². The highest BCUT2D eigenvalue weighted by Crippen LogP contribution is 2.16. The fraction of sp³-hybridized carbons (Fsp3) is 0.429. The Balaban J connectivity index is 2.41. The van der Waals surface area contributed by atoms with Gasteiger partial charge < -0.3 is 5.32 Å². The predicted octanol–water partition coefficient (Wildman–Crippen LogP) is 0.635. The number of fused-ring (bicyclic) bond motifs is 1. The van der Waals surface area contributed by atoms with Gasteiger partial charge >= 0.3 is 0 Å². The quantitative estimate of drug-likeness (QED) is 0.565. The largest absolute Gasteiger partial charge is 0.382 e. The fourth-order valence-electron chi connectivity index (χ4n) is 1.13. The molecular weight excluding hydrogens is 126 g/mol. The molecule has 1 aliphatic rings. The van der Waals surface area contributed by atoms with Crippen molar-refractivity contribution < 1.29 is 0 Å². The molecule has 51 valence electrons. The SMILES string of the molecule is [c]1ncc2c(n1)CCCN2. The molecule has 0 spiro atoms. The molecule has 2 rings (SSSR count). The van der Waals surface area contributed by atoms with Gasteiger partial charge in [0.15, 0.2) is 6.33 Å². The summed E-state index contributed by atoms with van der Waals surface area (Å²) in [5.41, 5.74) is 2.17. The Labute approximate surface area is 59.5 Å². The Morgan fingerprint density at radius 2 is 2.60 bits per heavy atom. The van der Waals surface area contributed by atoms with Crippen LogP contribution in [0.1, 0.15) is 12.1 Å². The molecule has 0 unspecified atom stereocenters. The van der Waals surface area contributed by atoms with Gasteiger partial charge in [-0.3, -0.25) is 0 Å². The summed E-state index contributed by atoms with van der Waals surface area (Å²) in [5, 5.41) is 3.22. The number of hydrogen-bond donors (Lipinski definition) is 1. The second-order valence-corrected chi connectivity index (χ2v) is 2.36. The van der Waals surface area contributed by atoms with Crippen LogP contribution in [0.5, 0.6) is 0 Å². The summed E-state index contributed by atoms with van der Waals surface area (Å²) in [6.45, 7) is 1.04. The van der Waals surface area contributed by atoms with E-state index >= 15 is 0 Å². The van der Waals surface area contributed by atoms with Gasteiger partial charge in [-0.25, -0.2) is 9.97 Å². The molecule has 0 atom stereocenters. The van der Waals surface area contributed by atoms with Crippen molar-refractivity contribution >= 4 is 5.69 Å². The number of anilines is 1. The minimum atomic E-state index is 1.04. The molecule has 0 bridgehead atoms. The summed E-state index contributed by atoms with van der Waals surface area (Å²) >= 11 is 0. The van der Waals surface area contributed by atoms with Crippen LogP contribution in [0.3, 0.4) is 0 Å². The highest BCUT2D eigenvalue weighted by Gasteiger charge is 2.07. The number of rotatable bonds is 0. The molecule has 0 fully saturated rings. The number of nitrogens with one attached hydrogen (secondary N) is 1. The zero-order valence-corrected chi connectivity index (χ0v) is 5.59. The molecule has 1 radical (unpaired) electrons. The van der Waals surface area contributed by atoms with E-state index in [2.05, 4.69) is 21.6 Å².